The van der Waals surface area contributed by atoms with Crippen LogP contribution in [0.3, 0.4) is 0 Å². The molecule has 0 heterocycles. The fourth-order valence-electron chi connectivity index (χ4n) is 3.32. The molecule has 3 N–H and O–H groups in total. The normalized spacial score (nSPS) is 14.5. The number of carbonyl (C=O) groups excluding carboxylic acids is 1. The summed E-state index contributed by atoms with van der Waals surface area (Å²) in [6, 6.07) is 5.67. The van der Waals surface area contributed by atoms with E-state index >= 15 is 0 Å². The standard InChI is InChI=1S/C21H34N4O3.HI/c1-4-22-21(24-14-13-23-20(26)16-9-7-6-8-10-16)25-17-11-12-18(28-5-2)19(15-17)27-3;/h11-12,15-16H,4-10,13-14H2,1-3H3,(H,23,26)(H2,22,24,25);1H. The third kappa shape index (κ3) is 8.67. The number of carbonyl (C=O) groups is 1. The van der Waals surface area contributed by atoms with Crippen LogP contribution in [-0.4, -0.2) is 45.2 Å². The average molecular weight is 518 g/mol. The summed E-state index contributed by atoms with van der Waals surface area (Å²) in [5.41, 5.74) is 0.853. The maximum atomic E-state index is 12.2. The minimum Gasteiger partial charge on any atom is -0.493 e. The summed E-state index contributed by atoms with van der Waals surface area (Å²) in [5, 5.41) is 9.50. The molecule has 2 rings (SSSR count). The lowest BCUT2D eigenvalue weighted by Gasteiger charge is -2.20. The van der Waals surface area contributed by atoms with Gasteiger partial charge in [-0.15, -0.1) is 24.0 Å². The van der Waals surface area contributed by atoms with Crippen molar-refractivity contribution in [3.63, 3.8) is 0 Å². The summed E-state index contributed by atoms with van der Waals surface area (Å²) < 4.78 is 10.9. The van der Waals surface area contributed by atoms with Crippen molar-refractivity contribution in [2.75, 3.05) is 38.7 Å². The highest BCUT2D eigenvalue weighted by Gasteiger charge is 2.20. The molecule has 0 radical (unpaired) electrons. The zero-order valence-electron chi connectivity index (χ0n) is 17.8. The van der Waals surface area contributed by atoms with Crippen LogP contribution in [0.15, 0.2) is 23.2 Å². The van der Waals surface area contributed by atoms with Crippen molar-refractivity contribution in [3.8, 4) is 11.5 Å². The predicted molar refractivity (Wildman–Crippen MR) is 129 cm³/mol. The second kappa shape index (κ2) is 14.3. The first-order valence-corrected chi connectivity index (χ1v) is 10.3. The van der Waals surface area contributed by atoms with E-state index in [1.165, 1.54) is 6.42 Å². The number of rotatable bonds is 9. The highest BCUT2D eigenvalue weighted by Crippen LogP contribution is 2.30. The van der Waals surface area contributed by atoms with Crippen molar-refractivity contribution in [2.45, 2.75) is 46.0 Å². The van der Waals surface area contributed by atoms with Gasteiger partial charge < -0.3 is 25.4 Å². The maximum absolute atomic E-state index is 12.2. The number of hydrogen-bond acceptors (Lipinski definition) is 4. The molecule has 1 amide bonds. The van der Waals surface area contributed by atoms with Crippen LogP contribution >= 0.6 is 24.0 Å². The molecule has 1 aliphatic rings. The highest BCUT2D eigenvalue weighted by molar-refractivity contribution is 14.0. The molecule has 1 fully saturated rings. The van der Waals surface area contributed by atoms with E-state index in [-0.39, 0.29) is 35.8 Å². The Labute approximate surface area is 191 Å². The number of guanidine groups is 1. The summed E-state index contributed by atoms with van der Waals surface area (Å²) in [7, 11) is 1.62. The van der Waals surface area contributed by atoms with Gasteiger partial charge in [0.2, 0.25) is 5.91 Å². The Morgan fingerprint density at radius 2 is 1.90 bits per heavy atom. The Hall–Kier alpha value is -1.71. The summed E-state index contributed by atoms with van der Waals surface area (Å²) >= 11 is 0. The third-order valence-electron chi connectivity index (χ3n) is 4.73. The predicted octanol–water partition coefficient (Wildman–Crippen LogP) is 3.79. The van der Waals surface area contributed by atoms with Crippen molar-refractivity contribution in [1.82, 2.24) is 10.6 Å². The van der Waals surface area contributed by atoms with Gasteiger partial charge in [0.15, 0.2) is 17.5 Å². The third-order valence-corrected chi connectivity index (χ3v) is 4.73. The number of nitrogens with zero attached hydrogens (tertiary/aromatic N) is 1. The van der Waals surface area contributed by atoms with Gasteiger partial charge in [0, 0.05) is 30.8 Å². The SMILES string of the molecule is CCNC(=NCCNC(=O)C1CCCCC1)Nc1ccc(OCC)c(OC)c1.I. The molecule has 0 aliphatic heterocycles. The van der Waals surface area contributed by atoms with E-state index in [1.807, 2.05) is 32.0 Å². The molecule has 0 spiro atoms. The number of anilines is 1. The number of methoxy groups -OCH3 is 1. The van der Waals surface area contributed by atoms with Gasteiger partial charge in [0.05, 0.1) is 20.3 Å². The van der Waals surface area contributed by atoms with Crippen LogP contribution in [0.25, 0.3) is 0 Å². The lowest BCUT2D eigenvalue weighted by Crippen LogP contribution is -2.35. The van der Waals surface area contributed by atoms with E-state index in [9.17, 15) is 4.79 Å². The Morgan fingerprint density at radius 1 is 1.14 bits per heavy atom. The quantitative estimate of drug-likeness (QED) is 0.201. The van der Waals surface area contributed by atoms with E-state index < -0.39 is 0 Å². The molecule has 1 aromatic rings. The first kappa shape index (κ1) is 25.3. The van der Waals surface area contributed by atoms with E-state index in [4.69, 9.17) is 9.47 Å². The molecule has 1 saturated carbocycles. The molecule has 1 aromatic carbocycles. The van der Waals surface area contributed by atoms with Crippen molar-refractivity contribution in [1.29, 1.82) is 0 Å². The first-order valence-electron chi connectivity index (χ1n) is 10.3. The number of aliphatic imine (C=N–C) groups is 1. The monoisotopic (exact) mass is 518 g/mol. The van der Waals surface area contributed by atoms with Crippen molar-refractivity contribution in [2.24, 2.45) is 10.9 Å². The number of ether oxygens (including phenoxy) is 2. The zero-order chi connectivity index (χ0) is 20.2. The average Bonchev–Trinajstić information content (AvgIpc) is 2.73. The van der Waals surface area contributed by atoms with E-state index in [1.54, 1.807) is 7.11 Å². The van der Waals surface area contributed by atoms with Crippen LogP contribution in [0.2, 0.25) is 0 Å². The van der Waals surface area contributed by atoms with Gasteiger partial charge in [-0.05, 0) is 38.8 Å². The van der Waals surface area contributed by atoms with Crippen LogP contribution in [0.4, 0.5) is 5.69 Å². The van der Waals surface area contributed by atoms with Gasteiger partial charge in [-0.1, -0.05) is 19.3 Å². The second-order valence-electron chi connectivity index (χ2n) is 6.81. The summed E-state index contributed by atoms with van der Waals surface area (Å²) in [5.74, 6) is 2.40. The number of benzene rings is 1. The van der Waals surface area contributed by atoms with Crippen LogP contribution in [0, 0.1) is 5.92 Å². The van der Waals surface area contributed by atoms with Crippen LogP contribution < -0.4 is 25.4 Å². The molecular weight excluding hydrogens is 483 g/mol. The Bertz CT molecular complexity index is 649. The van der Waals surface area contributed by atoms with Crippen molar-refractivity contribution >= 4 is 41.5 Å². The van der Waals surface area contributed by atoms with Gasteiger partial charge in [0.1, 0.15) is 0 Å². The molecule has 0 unspecified atom stereocenters. The molecule has 7 nitrogen and oxygen atoms in total. The topological polar surface area (TPSA) is 84.0 Å². The Kier molecular flexibility index (Phi) is 12.5. The molecule has 0 aromatic heterocycles. The van der Waals surface area contributed by atoms with Crippen LogP contribution in [-0.2, 0) is 4.79 Å². The van der Waals surface area contributed by atoms with Gasteiger partial charge in [-0.3, -0.25) is 9.79 Å². The largest absolute Gasteiger partial charge is 0.493 e. The van der Waals surface area contributed by atoms with Crippen LogP contribution in [0.5, 0.6) is 11.5 Å². The number of amides is 1. The number of halogens is 1. The van der Waals surface area contributed by atoms with Gasteiger partial charge in [0.25, 0.3) is 0 Å². The molecule has 1 aliphatic carbocycles. The molecular formula is C21H35IN4O3. The lowest BCUT2D eigenvalue weighted by molar-refractivity contribution is -0.125. The smallest absolute Gasteiger partial charge is 0.223 e. The van der Waals surface area contributed by atoms with E-state index in [0.29, 0.717) is 37.2 Å². The van der Waals surface area contributed by atoms with Gasteiger partial charge >= 0.3 is 0 Å². The minimum absolute atomic E-state index is 0. The fraction of sp³-hybridized carbons (Fsp3) is 0.619. The maximum Gasteiger partial charge on any atom is 0.223 e. The van der Waals surface area contributed by atoms with Crippen LogP contribution in [0.1, 0.15) is 46.0 Å². The zero-order valence-corrected chi connectivity index (χ0v) is 20.1. The van der Waals surface area contributed by atoms with E-state index in [2.05, 4.69) is 20.9 Å². The van der Waals surface area contributed by atoms with Crippen molar-refractivity contribution in [3.05, 3.63) is 18.2 Å². The number of nitrogens with one attached hydrogen (secondary N) is 3. The number of hydrogen-bond donors (Lipinski definition) is 3. The van der Waals surface area contributed by atoms with Crippen molar-refractivity contribution < 1.29 is 14.3 Å². The Balaban J connectivity index is 0.00000420. The molecule has 8 heteroatoms. The van der Waals surface area contributed by atoms with Gasteiger partial charge in [-0.2, -0.15) is 0 Å². The minimum atomic E-state index is 0. The lowest BCUT2D eigenvalue weighted by atomic mass is 9.89. The Morgan fingerprint density at radius 3 is 2.55 bits per heavy atom. The molecule has 0 bridgehead atoms. The molecule has 164 valence electrons. The molecule has 0 saturated heterocycles. The summed E-state index contributed by atoms with van der Waals surface area (Å²) in [6.07, 6.45) is 5.60. The van der Waals surface area contributed by atoms with E-state index in [0.717, 1.165) is 37.9 Å². The molecule has 0 atom stereocenters. The fourth-order valence-corrected chi connectivity index (χ4v) is 3.32. The summed E-state index contributed by atoms with van der Waals surface area (Å²) in [6.45, 7) is 6.34. The second-order valence-corrected chi connectivity index (χ2v) is 6.81. The summed E-state index contributed by atoms with van der Waals surface area (Å²) in [4.78, 5) is 16.7. The van der Waals surface area contributed by atoms with Gasteiger partial charge in [-0.25, -0.2) is 0 Å². The highest BCUT2D eigenvalue weighted by atomic mass is 127. The first-order chi connectivity index (χ1) is 13.7. The molecule has 29 heavy (non-hydrogen) atoms.